The molecule has 8 heteroatoms. The predicted octanol–water partition coefficient (Wildman–Crippen LogP) is 0.897. The molecule has 0 fully saturated rings. The largest absolute Gasteiger partial charge is 0.384 e. The molecule has 2 aromatic rings. The van der Waals surface area contributed by atoms with Crippen LogP contribution in [0.15, 0.2) is 6.20 Å². The summed E-state index contributed by atoms with van der Waals surface area (Å²) in [6.07, 6.45) is 1.59. The summed E-state index contributed by atoms with van der Waals surface area (Å²) < 4.78 is 3.81. The molecule has 0 radical (unpaired) electrons. The van der Waals surface area contributed by atoms with Gasteiger partial charge in [0.05, 0.1) is 11.9 Å². The fraction of sp³-hybridized carbons (Fsp3) is 0.400. The Morgan fingerprint density at radius 1 is 1.61 bits per heavy atom. The highest BCUT2D eigenvalue weighted by Crippen LogP contribution is 2.19. The van der Waals surface area contributed by atoms with E-state index in [0.29, 0.717) is 17.2 Å². The van der Waals surface area contributed by atoms with Crippen LogP contribution in [0.1, 0.15) is 40.7 Å². The van der Waals surface area contributed by atoms with Crippen molar-refractivity contribution in [2.24, 2.45) is 0 Å². The summed E-state index contributed by atoms with van der Waals surface area (Å²) in [5.41, 5.74) is 7.11. The van der Waals surface area contributed by atoms with Gasteiger partial charge in [-0.25, -0.2) is 0 Å². The van der Waals surface area contributed by atoms with Gasteiger partial charge in [0, 0.05) is 12.1 Å². The number of H-pyrrole nitrogens is 1. The average molecular weight is 266 g/mol. The first-order valence-corrected chi connectivity index (χ1v) is 6.25. The van der Waals surface area contributed by atoms with Crippen LogP contribution in [0.3, 0.4) is 0 Å². The van der Waals surface area contributed by atoms with Crippen molar-refractivity contribution in [3.63, 3.8) is 0 Å². The summed E-state index contributed by atoms with van der Waals surface area (Å²) in [6.45, 7) is 4.28. The first-order valence-electron chi connectivity index (χ1n) is 5.47. The SMILES string of the molecule is CC(C)c1nnsc1C(=O)NCc1cn[nH]c1N. The Morgan fingerprint density at radius 3 is 3.00 bits per heavy atom. The van der Waals surface area contributed by atoms with E-state index in [4.69, 9.17) is 5.73 Å². The molecule has 2 aromatic heterocycles. The van der Waals surface area contributed by atoms with Crippen molar-refractivity contribution in [2.45, 2.75) is 26.3 Å². The zero-order valence-corrected chi connectivity index (χ0v) is 10.9. The molecule has 0 spiro atoms. The number of hydrogen-bond donors (Lipinski definition) is 3. The minimum atomic E-state index is -0.186. The number of carbonyl (C=O) groups excluding carboxylic acids is 1. The molecule has 0 aliphatic rings. The molecule has 96 valence electrons. The van der Waals surface area contributed by atoms with Crippen LogP contribution in [0.2, 0.25) is 0 Å². The summed E-state index contributed by atoms with van der Waals surface area (Å²) in [5.74, 6) is 0.444. The van der Waals surface area contributed by atoms with Crippen LogP contribution in [-0.2, 0) is 6.54 Å². The Balaban J connectivity index is 2.04. The molecule has 0 aliphatic heterocycles. The highest BCUT2D eigenvalue weighted by Gasteiger charge is 2.18. The van der Waals surface area contributed by atoms with E-state index in [9.17, 15) is 4.79 Å². The maximum Gasteiger partial charge on any atom is 0.265 e. The van der Waals surface area contributed by atoms with Gasteiger partial charge >= 0.3 is 0 Å². The summed E-state index contributed by atoms with van der Waals surface area (Å²) in [7, 11) is 0. The topological polar surface area (TPSA) is 110 Å². The van der Waals surface area contributed by atoms with Crippen LogP contribution in [-0.4, -0.2) is 25.7 Å². The van der Waals surface area contributed by atoms with Crippen molar-refractivity contribution < 1.29 is 4.79 Å². The van der Waals surface area contributed by atoms with E-state index in [-0.39, 0.29) is 11.8 Å². The number of aromatic nitrogens is 4. The lowest BCUT2D eigenvalue weighted by molar-refractivity contribution is 0.0953. The van der Waals surface area contributed by atoms with E-state index in [0.717, 1.165) is 22.8 Å². The molecule has 0 bridgehead atoms. The predicted molar refractivity (Wildman–Crippen MR) is 68.2 cm³/mol. The van der Waals surface area contributed by atoms with Gasteiger partial charge in [0.15, 0.2) is 0 Å². The third-order valence-electron chi connectivity index (χ3n) is 2.46. The van der Waals surface area contributed by atoms with Gasteiger partial charge < -0.3 is 11.1 Å². The number of nitrogens with one attached hydrogen (secondary N) is 2. The number of nitrogens with zero attached hydrogens (tertiary/aromatic N) is 3. The van der Waals surface area contributed by atoms with E-state index in [1.807, 2.05) is 13.8 Å². The van der Waals surface area contributed by atoms with Gasteiger partial charge in [0.2, 0.25) is 0 Å². The molecule has 0 saturated carbocycles. The van der Waals surface area contributed by atoms with Gasteiger partial charge in [-0.1, -0.05) is 18.3 Å². The molecule has 0 saturated heterocycles. The minimum Gasteiger partial charge on any atom is -0.384 e. The normalized spacial score (nSPS) is 10.8. The van der Waals surface area contributed by atoms with E-state index in [2.05, 4.69) is 25.1 Å². The molecular formula is C10H14N6OS. The zero-order chi connectivity index (χ0) is 13.1. The molecule has 4 N–H and O–H groups in total. The zero-order valence-electron chi connectivity index (χ0n) is 10.1. The number of nitrogen functional groups attached to an aromatic ring is 1. The maximum absolute atomic E-state index is 12.0. The lowest BCUT2D eigenvalue weighted by Crippen LogP contribution is -2.23. The summed E-state index contributed by atoms with van der Waals surface area (Å²) >= 11 is 1.10. The maximum atomic E-state index is 12.0. The Bertz CT molecular complexity index is 546. The Hall–Kier alpha value is -1.96. The highest BCUT2D eigenvalue weighted by atomic mass is 32.1. The van der Waals surface area contributed by atoms with Gasteiger partial charge in [0.1, 0.15) is 10.7 Å². The monoisotopic (exact) mass is 266 g/mol. The number of rotatable bonds is 4. The van der Waals surface area contributed by atoms with E-state index < -0.39 is 0 Å². The number of hydrogen-bond acceptors (Lipinski definition) is 6. The van der Waals surface area contributed by atoms with Crippen molar-refractivity contribution >= 4 is 23.3 Å². The van der Waals surface area contributed by atoms with Crippen molar-refractivity contribution in [1.29, 1.82) is 0 Å². The smallest absolute Gasteiger partial charge is 0.265 e. The van der Waals surface area contributed by atoms with Gasteiger partial charge in [-0.05, 0) is 17.5 Å². The number of anilines is 1. The summed E-state index contributed by atoms with van der Waals surface area (Å²) in [6, 6.07) is 0. The number of carbonyl (C=O) groups is 1. The quantitative estimate of drug-likeness (QED) is 0.761. The molecule has 0 aliphatic carbocycles. The van der Waals surface area contributed by atoms with Crippen LogP contribution in [0.25, 0.3) is 0 Å². The number of aromatic amines is 1. The minimum absolute atomic E-state index is 0.170. The molecule has 0 unspecified atom stereocenters. The third-order valence-corrected chi connectivity index (χ3v) is 3.20. The van der Waals surface area contributed by atoms with Gasteiger partial charge in [-0.2, -0.15) is 5.10 Å². The molecule has 0 atom stereocenters. The lowest BCUT2D eigenvalue weighted by Gasteiger charge is -2.05. The van der Waals surface area contributed by atoms with Crippen LogP contribution < -0.4 is 11.1 Å². The first kappa shape index (κ1) is 12.5. The first-order chi connectivity index (χ1) is 8.59. The Labute approximate surface area is 108 Å². The number of amides is 1. The van der Waals surface area contributed by atoms with Crippen molar-refractivity contribution in [3.05, 3.63) is 22.3 Å². The molecule has 7 nitrogen and oxygen atoms in total. The summed E-state index contributed by atoms with van der Waals surface area (Å²) in [5, 5.41) is 13.1. The second kappa shape index (κ2) is 5.13. The standard InChI is InChI=1S/C10H14N6OS/c1-5(2)7-8(18-16-14-7)10(17)12-3-6-4-13-15-9(6)11/h4-5H,3H2,1-2H3,(H,12,17)(H3,11,13,15). The highest BCUT2D eigenvalue weighted by molar-refractivity contribution is 7.08. The van der Waals surface area contributed by atoms with Crippen LogP contribution in [0, 0.1) is 0 Å². The fourth-order valence-electron chi connectivity index (χ4n) is 1.45. The van der Waals surface area contributed by atoms with E-state index >= 15 is 0 Å². The number of nitrogens with two attached hydrogens (primary N) is 1. The van der Waals surface area contributed by atoms with Crippen LogP contribution >= 0.6 is 11.5 Å². The lowest BCUT2D eigenvalue weighted by atomic mass is 10.1. The molecule has 2 rings (SSSR count). The molecule has 18 heavy (non-hydrogen) atoms. The fourth-order valence-corrected chi connectivity index (χ4v) is 2.19. The Morgan fingerprint density at radius 2 is 2.39 bits per heavy atom. The second-order valence-electron chi connectivity index (χ2n) is 4.13. The van der Waals surface area contributed by atoms with Gasteiger partial charge in [-0.3, -0.25) is 9.89 Å². The molecule has 1 amide bonds. The second-order valence-corrected chi connectivity index (χ2v) is 4.89. The third kappa shape index (κ3) is 2.48. The van der Waals surface area contributed by atoms with Crippen molar-refractivity contribution in [3.8, 4) is 0 Å². The molecule has 2 heterocycles. The van der Waals surface area contributed by atoms with Crippen LogP contribution in [0.4, 0.5) is 5.82 Å². The molecule has 0 aromatic carbocycles. The van der Waals surface area contributed by atoms with Gasteiger partial charge in [0.25, 0.3) is 5.91 Å². The molecular weight excluding hydrogens is 252 g/mol. The average Bonchev–Trinajstić information content (AvgIpc) is 2.94. The van der Waals surface area contributed by atoms with Crippen LogP contribution in [0.5, 0.6) is 0 Å². The van der Waals surface area contributed by atoms with Crippen molar-refractivity contribution in [2.75, 3.05) is 5.73 Å². The van der Waals surface area contributed by atoms with Gasteiger partial charge in [-0.15, -0.1) is 5.10 Å². The van der Waals surface area contributed by atoms with Crippen molar-refractivity contribution in [1.82, 2.24) is 25.1 Å². The Kier molecular flexibility index (Phi) is 3.56. The van der Waals surface area contributed by atoms with E-state index in [1.165, 1.54) is 0 Å². The summed E-state index contributed by atoms with van der Waals surface area (Å²) in [4.78, 5) is 12.5. The van der Waals surface area contributed by atoms with E-state index in [1.54, 1.807) is 6.20 Å².